The average Bonchev–Trinajstić information content (AvgIpc) is 2.62. The van der Waals surface area contributed by atoms with Gasteiger partial charge in [0.25, 0.3) is 5.91 Å². The smallest absolute Gasteiger partial charge is 0.313 e. The lowest BCUT2D eigenvalue weighted by molar-refractivity contribution is -0.133. The minimum Gasteiger partial charge on any atom is -0.481 e. The molecule has 1 amide bonds. The number of thioether (sulfide) groups is 1. The van der Waals surface area contributed by atoms with Crippen LogP contribution in [0.5, 0.6) is 0 Å². The molecule has 1 aliphatic rings. The first-order chi connectivity index (χ1) is 8.65. The number of hydrogen-bond acceptors (Lipinski definition) is 3. The van der Waals surface area contributed by atoms with Gasteiger partial charge in [-0.15, -0.1) is 11.8 Å². The number of fused-ring (bicyclic) bond motifs is 1. The summed E-state index contributed by atoms with van der Waals surface area (Å²) in [6.07, 6.45) is 0.865. The van der Waals surface area contributed by atoms with Crippen molar-refractivity contribution < 1.29 is 14.7 Å². The van der Waals surface area contributed by atoms with Gasteiger partial charge in [0.15, 0.2) is 0 Å². The SMILES string of the molecule is CCCN1C(=O)c2ccccc2[C@@H]1SCC(=O)O. The first-order valence-electron chi connectivity index (χ1n) is 5.88. The van der Waals surface area contributed by atoms with Crippen LogP contribution in [0.1, 0.15) is 34.6 Å². The molecule has 0 bridgehead atoms. The van der Waals surface area contributed by atoms with Gasteiger partial charge in [-0.3, -0.25) is 9.59 Å². The molecule has 1 aromatic rings. The van der Waals surface area contributed by atoms with Crippen LogP contribution in [0, 0.1) is 0 Å². The zero-order valence-electron chi connectivity index (χ0n) is 10.1. The van der Waals surface area contributed by atoms with Crippen molar-refractivity contribution in [2.45, 2.75) is 18.7 Å². The summed E-state index contributed by atoms with van der Waals surface area (Å²) < 4.78 is 0. The van der Waals surface area contributed by atoms with E-state index in [1.165, 1.54) is 11.8 Å². The summed E-state index contributed by atoms with van der Waals surface area (Å²) in [5.74, 6) is -0.837. The first-order valence-corrected chi connectivity index (χ1v) is 6.93. The molecule has 96 valence electrons. The van der Waals surface area contributed by atoms with Crippen LogP contribution in [0.15, 0.2) is 24.3 Å². The van der Waals surface area contributed by atoms with Gasteiger partial charge in [0, 0.05) is 12.1 Å². The summed E-state index contributed by atoms with van der Waals surface area (Å²) in [5.41, 5.74) is 1.64. The molecule has 4 nitrogen and oxygen atoms in total. The summed E-state index contributed by atoms with van der Waals surface area (Å²) in [4.78, 5) is 24.7. The molecule has 1 aliphatic heterocycles. The normalized spacial score (nSPS) is 17.9. The van der Waals surface area contributed by atoms with Crippen molar-refractivity contribution >= 4 is 23.6 Å². The highest BCUT2D eigenvalue weighted by Crippen LogP contribution is 2.41. The molecule has 0 aromatic heterocycles. The fraction of sp³-hybridized carbons (Fsp3) is 0.385. The number of rotatable bonds is 5. The molecule has 1 aromatic carbocycles. The number of aliphatic carboxylic acids is 1. The number of benzene rings is 1. The van der Waals surface area contributed by atoms with E-state index in [0.717, 1.165) is 12.0 Å². The lowest BCUT2D eigenvalue weighted by atomic mass is 10.1. The minimum absolute atomic E-state index is 0.00644. The number of carboxylic acids is 1. The Morgan fingerprint density at radius 1 is 1.44 bits per heavy atom. The molecule has 0 unspecified atom stereocenters. The number of carbonyl (C=O) groups is 2. The van der Waals surface area contributed by atoms with Gasteiger partial charge in [-0.2, -0.15) is 0 Å². The molecule has 0 fully saturated rings. The van der Waals surface area contributed by atoms with Gasteiger partial charge in [-0.25, -0.2) is 0 Å². The van der Waals surface area contributed by atoms with E-state index in [1.54, 1.807) is 4.90 Å². The van der Waals surface area contributed by atoms with Gasteiger partial charge in [-0.1, -0.05) is 25.1 Å². The van der Waals surface area contributed by atoms with Gasteiger partial charge in [0.2, 0.25) is 0 Å². The number of hydrogen-bond donors (Lipinski definition) is 1. The third-order valence-corrected chi connectivity index (χ3v) is 4.07. The van der Waals surface area contributed by atoms with Crippen LogP contribution in [-0.2, 0) is 4.79 Å². The third kappa shape index (κ3) is 2.36. The van der Waals surface area contributed by atoms with Gasteiger partial charge in [-0.05, 0) is 18.1 Å². The molecule has 1 N–H and O–H groups in total. The van der Waals surface area contributed by atoms with Crippen LogP contribution in [-0.4, -0.2) is 34.2 Å². The second-order valence-electron chi connectivity index (χ2n) is 4.14. The fourth-order valence-corrected chi connectivity index (χ4v) is 3.19. The van der Waals surface area contributed by atoms with E-state index in [4.69, 9.17) is 5.11 Å². The highest BCUT2D eigenvalue weighted by molar-refractivity contribution is 8.00. The van der Waals surface area contributed by atoms with Crippen LogP contribution in [0.4, 0.5) is 0 Å². The van der Waals surface area contributed by atoms with E-state index < -0.39 is 5.97 Å². The molecular weight excluding hydrogens is 250 g/mol. The van der Waals surface area contributed by atoms with Crippen molar-refractivity contribution in [2.75, 3.05) is 12.3 Å². The molecule has 0 spiro atoms. The number of carboxylic acid groups (broad SMARTS) is 1. The highest BCUT2D eigenvalue weighted by Gasteiger charge is 2.36. The summed E-state index contributed by atoms with van der Waals surface area (Å²) >= 11 is 1.29. The summed E-state index contributed by atoms with van der Waals surface area (Å²) in [6.45, 7) is 2.67. The highest BCUT2D eigenvalue weighted by atomic mass is 32.2. The molecule has 1 atom stereocenters. The van der Waals surface area contributed by atoms with Crippen LogP contribution in [0.3, 0.4) is 0 Å². The lowest BCUT2D eigenvalue weighted by Crippen LogP contribution is -2.27. The Bertz CT molecular complexity index is 475. The predicted octanol–water partition coefficient (Wildman–Crippen LogP) is 2.37. The van der Waals surface area contributed by atoms with Crippen molar-refractivity contribution in [3.63, 3.8) is 0 Å². The van der Waals surface area contributed by atoms with Gasteiger partial charge in [0.1, 0.15) is 5.37 Å². The number of nitrogens with zero attached hydrogens (tertiary/aromatic N) is 1. The van der Waals surface area contributed by atoms with E-state index in [-0.39, 0.29) is 17.0 Å². The Morgan fingerprint density at radius 3 is 2.83 bits per heavy atom. The van der Waals surface area contributed by atoms with Gasteiger partial charge in [0.05, 0.1) is 5.75 Å². The average molecular weight is 265 g/mol. The Labute approximate surface area is 110 Å². The molecule has 18 heavy (non-hydrogen) atoms. The van der Waals surface area contributed by atoms with Crippen molar-refractivity contribution in [1.82, 2.24) is 4.90 Å². The van der Waals surface area contributed by atoms with Crippen LogP contribution >= 0.6 is 11.8 Å². The Hall–Kier alpha value is -1.49. The molecule has 0 aliphatic carbocycles. The van der Waals surface area contributed by atoms with Crippen molar-refractivity contribution in [3.8, 4) is 0 Å². The monoisotopic (exact) mass is 265 g/mol. The van der Waals surface area contributed by atoms with E-state index in [1.807, 2.05) is 31.2 Å². The molecule has 2 rings (SSSR count). The minimum atomic E-state index is -0.853. The van der Waals surface area contributed by atoms with Crippen LogP contribution in [0.2, 0.25) is 0 Å². The fourth-order valence-electron chi connectivity index (χ4n) is 2.13. The van der Waals surface area contributed by atoms with E-state index in [9.17, 15) is 9.59 Å². The molecule has 1 heterocycles. The summed E-state index contributed by atoms with van der Waals surface area (Å²) in [6, 6.07) is 7.44. The van der Waals surface area contributed by atoms with E-state index >= 15 is 0 Å². The Balaban J connectivity index is 2.27. The third-order valence-electron chi connectivity index (χ3n) is 2.83. The zero-order chi connectivity index (χ0) is 13.1. The second kappa shape index (κ2) is 5.44. The predicted molar refractivity (Wildman–Crippen MR) is 70.6 cm³/mol. The van der Waals surface area contributed by atoms with Crippen LogP contribution < -0.4 is 0 Å². The first kappa shape index (κ1) is 13.0. The summed E-state index contributed by atoms with van der Waals surface area (Å²) in [5, 5.41) is 8.62. The zero-order valence-corrected chi connectivity index (χ0v) is 10.9. The maximum atomic E-state index is 12.2. The van der Waals surface area contributed by atoms with Crippen LogP contribution in [0.25, 0.3) is 0 Å². The maximum absolute atomic E-state index is 12.2. The van der Waals surface area contributed by atoms with Crippen molar-refractivity contribution in [2.24, 2.45) is 0 Å². The van der Waals surface area contributed by atoms with Gasteiger partial charge >= 0.3 is 5.97 Å². The van der Waals surface area contributed by atoms with Crippen molar-refractivity contribution in [1.29, 1.82) is 0 Å². The van der Waals surface area contributed by atoms with E-state index in [0.29, 0.717) is 12.1 Å². The Kier molecular flexibility index (Phi) is 3.91. The largest absolute Gasteiger partial charge is 0.481 e. The quantitative estimate of drug-likeness (QED) is 0.888. The topological polar surface area (TPSA) is 57.6 Å². The Morgan fingerprint density at radius 2 is 2.17 bits per heavy atom. The maximum Gasteiger partial charge on any atom is 0.313 e. The standard InChI is InChI=1S/C13H15NO3S/c1-2-7-14-12(17)9-5-3-4-6-10(9)13(14)18-8-11(15)16/h3-6,13H,2,7-8H2,1H3,(H,15,16)/t13-/m0/s1. The number of amides is 1. The molecular formula is C13H15NO3S. The van der Waals surface area contributed by atoms with E-state index in [2.05, 4.69) is 0 Å². The molecule has 0 saturated carbocycles. The number of carbonyl (C=O) groups excluding carboxylic acids is 1. The summed E-state index contributed by atoms with van der Waals surface area (Å²) in [7, 11) is 0. The molecule has 0 radical (unpaired) electrons. The second-order valence-corrected chi connectivity index (χ2v) is 5.21. The van der Waals surface area contributed by atoms with Crippen molar-refractivity contribution in [3.05, 3.63) is 35.4 Å². The lowest BCUT2D eigenvalue weighted by Gasteiger charge is -2.23. The molecule has 5 heteroatoms. The van der Waals surface area contributed by atoms with Gasteiger partial charge < -0.3 is 10.0 Å². The molecule has 0 saturated heterocycles.